The molecule has 0 aliphatic carbocycles. The number of hydrogen-bond donors (Lipinski definition) is 0. The van der Waals surface area contributed by atoms with Crippen molar-refractivity contribution in [3.05, 3.63) is 0 Å². The highest BCUT2D eigenvalue weighted by molar-refractivity contribution is 7.54. The maximum absolute atomic E-state index is 13.8. The molecule has 0 rings (SSSR count). The van der Waals surface area contributed by atoms with E-state index in [1.165, 1.54) is 0 Å². The molecule has 5 nitrogen and oxygen atoms in total. The fourth-order valence-electron chi connectivity index (χ4n) is 2.43. The van der Waals surface area contributed by atoms with Gasteiger partial charge in [0.2, 0.25) is 0 Å². The van der Waals surface area contributed by atoms with Crippen molar-refractivity contribution in [1.29, 1.82) is 0 Å². The Balaban J connectivity index is 6.39. The summed E-state index contributed by atoms with van der Waals surface area (Å²) >= 11 is 0. The molecule has 0 radical (unpaired) electrons. The molecule has 0 N–H and O–H groups in total. The van der Waals surface area contributed by atoms with Gasteiger partial charge in [0.05, 0.1) is 18.8 Å². The van der Waals surface area contributed by atoms with E-state index in [4.69, 9.17) is 13.9 Å². The zero-order valence-corrected chi connectivity index (χ0v) is 20.4. The summed E-state index contributed by atoms with van der Waals surface area (Å²) in [5.74, 6) is -0.545. The lowest BCUT2D eigenvalue weighted by molar-refractivity contribution is -0.316. The zero-order valence-electron chi connectivity index (χ0n) is 19.5. The molecule has 0 saturated heterocycles. The highest BCUT2D eigenvalue weighted by Gasteiger charge is 2.53. The van der Waals surface area contributed by atoms with Crippen molar-refractivity contribution in [1.82, 2.24) is 5.06 Å². The highest BCUT2D eigenvalue weighted by Crippen LogP contribution is 2.61. The molecule has 0 heterocycles. The van der Waals surface area contributed by atoms with E-state index in [0.717, 1.165) is 0 Å². The molecular formula is C20H44NO4P. The van der Waals surface area contributed by atoms with Crippen molar-refractivity contribution >= 4 is 7.60 Å². The van der Waals surface area contributed by atoms with Crippen LogP contribution in [0, 0.1) is 10.8 Å². The van der Waals surface area contributed by atoms with Gasteiger partial charge in [-0.1, -0.05) is 41.5 Å². The first-order chi connectivity index (χ1) is 11.3. The van der Waals surface area contributed by atoms with Crippen molar-refractivity contribution in [2.24, 2.45) is 10.8 Å². The summed E-state index contributed by atoms with van der Waals surface area (Å²) in [6, 6.07) is 0. The summed E-state index contributed by atoms with van der Waals surface area (Å²) in [6.07, 6.45) is 0. The number of rotatable bonds is 8. The minimum Gasteiger partial charge on any atom is -0.308 e. The largest absolute Gasteiger partial charge is 0.350 e. The molecule has 26 heavy (non-hydrogen) atoms. The lowest BCUT2D eigenvalue weighted by Crippen LogP contribution is -2.58. The SMILES string of the molecule is CCOP(=O)(OCC)C(N(OC(C)(C)C(C)(C)C)C(C)(C)C)C(C)(C)C. The average Bonchev–Trinajstić information content (AvgIpc) is 2.33. The summed E-state index contributed by atoms with van der Waals surface area (Å²) in [5.41, 5.74) is -1.38. The van der Waals surface area contributed by atoms with Crippen LogP contribution in [0.2, 0.25) is 0 Å². The first-order valence-corrected chi connectivity index (χ1v) is 11.3. The Labute approximate surface area is 162 Å². The van der Waals surface area contributed by atoms with Crippen molar-refractivity contribution in [3.8, 4) is 0 Å². The Bertz CT molecular complexity index is 474. The normalized spacial score (nSPS) is 16.2. The van der Waals surface area contributed by atoms with Crippen LogP contribution in [-0.2, 0) is 18.5 Å². The van der Waals surface area contributed by atoms with Gasteiger partial charge in [-0.3, -0.25) is 9.40 Å². The first kappa shape index (κ1) is 26.1. The van der Waals surface area contributed by atoms with Crippen LogP contribution in [0.5, 0.6) is 0 Å². The van der Waals surface area contributed by atoms with Gasteiger partial charge in [0, 0.05) is 5.54 Å². The molecule has 158 valence electrons. The molecule has 0 spiro atoms. The van der Waals surface area contributed by atoms with Gasteiger partial charge in [-0.05, 0) is 59.3 Å². The van der Waals surface area contributed by atoms with Crippen LogP contribution in [0.1, 0.15) is 90.0 Å². The second-order valence-electron chi connectivity index (χ2n) is 10.5. The van der Waals surface area contributed by atoms with Crippen LogP contribution < -0.4 is 0 Å². The standard InChI is InChI=1S/C20H44NO4P/c1-14-23-26(22,24-15-2)16(17(3,4)5)21(19(9,10)11)25-20(12,13)18(6,7)8/h16H,14-15H2,1-13H3. The molecule has 0 bridgehead atoms. The topological polar surface area (TPSA) is 48.0 Å². The van der Waals surface area contributed by atoms with E-state index in [2.05, 4.69) is 76.2 Å². The highest BCUT2D eigenvalue weighted by atomic mass is 31.2. The van der Waals surface area contributed by atoms with Crippen molar-refractivity contribution in [3.63, 3.8) is 0 Å². The van der Waals surface area contributed by atoms with E-state index in [1.807, 2.05) is 18.9 Å². The summed E-state index contributed by atoms with van der Waals surface area (Å²) in [6.45, 7) is 27.2. The van der Waals surface area contributed by atoms with Gasteiger partial charge in [0.1, 0.15) is 5.78 Å². The number of hydroxylamine groups is 2. The molecule has 1 unspecified atom stereocenters. The van der Waals surface area contributed by atoms with E-state index in [1.54, 1.807) is 0 Å². The van der Waals surface area contributed by atoms with E-state index in [9.17, 15) is 4.57 Å². The Kier molecular flexibility index (Phi) is 8.63. The van der Waals surface area contributed by atoms with Crippen LogP contribution in [0.4, 0.5) is 0 Å². The Morgan fingerprint density at radius 3 is 1.42 bits per heavy atom. The van der Waals surface area contributed by atoms with E-state index in [-0.39, 0.29) is 10.8 Å². The Morgan fingerprint density at radius 2 is 1.19 bits per heavy atom. The van der Waals surface area contributed by atoms with Gasteiger partial charge < -0.3 is 9.05 Å². The molecule has 0 fully saturated rings. The molecule has 0 aromatic rings. The fraction of sp³-hybridized carbons (Fsp3) is 1.00. The van der Waals surface area contributed by atoms with E-state index in [0.29, 0.717) is 13.2 Å². The van der Waals surface area contributed by atoms with Gasteiger partial charge in [0.25, 0.3) is 0 Å². The molecule has 0 aromatic carbocycles. The van der Waals surface area contributed by atoms with Gasteiger partial charge in [-0.2, -0.15) is 5.06 Å². The van der Waals surface area contributed by atoms with Crippen molar-refractivity contribution < 1.29 is 18.5 Å². The lowest BCUT2D eigenvalue weighted by Gasteiger charge is -2.52. The Hall–Kier alpha value is 0.0700. The molecule has 1 atom stereocenters. The first-order valence-electron chi connectivity index (χ1n) is 9.70. The van der Waals surface area contributed by atoms with Gasteiger partial charge in [0.15, 0.2) is 0 Å². The number of hydrogen-bond acceptors (Lipinski definition) is 5. The molecule has 0 aliphatic rings. The second kappa shape index (κ2) is 8.61. The molecule has 0 aliphatic heterocycles. The average molecular weight is 394 g/mol. The third kappa shape index (κ3) is 6.60. The maximum Gasteiger partial charge on any atom is 0.350 e. The van der Waals surface area contributed by atoms with Crippen LogP contribution in [0.3, 0.4) is 0 Å². The minimum atomic E-state index is -3.44. The third-order valence-electron chi connectivity index (χ3n) is 4.71. The second-order valence-corrected chi connectivity index (χ2v) is 12.5. The van der Waals surface area contributed by atoms with Crippen molar-refractivity contribution in [2.75, 3.05) is 13.2 Å². The summed E-state index contributed by atoms with van der Waals surface area (Å²) in [5, 5.41) is 1.87. The smallest absolute Gasteiger partial charge is 0.308 e. The number of nitrogens with zero attached hydrogens (tertiary/aromatic N) is 1. The lowest BCUT2D eigenvalue weighted by atomic mass is 9.79. The van der Waals surface area contributed by atoms with Gasteiger partial charge in [-0.25, -0.2) is 0 Å². The summed E-state index contributed by atoms with van der Waals surface area (Å²) < 4.78 is 25.3. The minimum absolute atomic E-state index is 0.111. The van der Waals surface area contributed by atoms with Crippen LogP contribution in [0.15, 0.2) is 0 Å². The van der Waals surface area contributed by atoms with Crippen molar-refractivity contribution in [2.45, 2.75) is 107 Å². The zero-order chi connectivity index (χ0) is 21.2. The third-order valence-corrected chi connectivity index (χ3v) is 7.53. The summed E-state index contributed by atoms with van der Waals surface area (Å²) in [4.78, 5) is 6.60. The van der Waals surface area contributed by atoms with Crippen LogP contribution >= 0.6 is 7.60 Å². The maximum atomic E-state index is 13.8. The van der Waals surface area contributed by atoms with Gasteiger partial charge in [-0.15, -0.1) is 0 Å². The molecule has 0 amide bonds. The van der Waals surface area contributed by atoms with Gasteiger partial charge >= 0.3 is 7.60 Å². The molecule has 6 heteroatoms. The Morgan fingerprint density at radius 1 is 0.808 bits per heavy atom. The fourth-order valence-corrected chi connectivity index (χ4v) is 5.11. The van der Waals surface area contributed by atoms with E-state index < -0.39 is 24.5 Å². The monoisotopic (exact) mass is 393 g/mol. The van der Waals surface area contributed by atoms with Crippen LogP contribution in [-0.4, -0.2) is 35.2 Å². The van der Waals surface area contributed by atoms with E-state index >= 15 is 0 Å². The molecule has 0 saturated carbocycles. The summed E-state index contributed by atoms with van der Waals surface area (Å²) in [7, 11) is -3.44. The quantitative estimate of drug-likeness (QED) is 0.349. The predicted octanol–water partition coefficient (Wildman–Crippen LogP) is 6.48. The van der Waals surface area contributed by atoms with Crippen LogP contribution in [0.25, 0.3) is 0 Å². The molecule has 0 aromatic heterocycles. The molecular weight excluding hydrogens is 349 g/mol. The predicted molar refractivity (Wildman–Crippen MR) is 110 cm³/mol.